The van der Waals surface area contributed by atoms with E-state index in [-0.39, 0.29) is 5.54 Å². The third-order valence-electron chi connectivity index (χ3n) is 2.85. The molecule has 3 heteroatoms. The summed E-state index contributed by atoms with van der Waals surface area (Å²) in [5, 5.41) is 7.02. The normalized spacial score (nSPS) is 13.6. The molecule has 0 aliphatic rings. The molecular formula is C15H26N2S. The van der Waals surface area contributed by atoms with Crippen LogP contribution < -0.4 is 10.6 Å². The lowest BCUT2D eigenvalue weighted by Crippen LogP contribution is -2.40. The largest absolute Gasteiger partial charge is 0.311 e. The number of rotatable bonds is 6. The molecule has 0 radical (unpaired) electrons. The van der Waals surface area contributed by atoms with Crippen molar-refractivity contribution in [1.82, 2.24) is 10.6 Å². The van der Waals surface area contributed by atoms with Crippen molar-refractivity contribution in [3.05, 3.63) is 29.8 Å². The van der Waals surface area contributed by atoms with Crippen LogP contribution in [-0.2, 0) is 0 Å². The molecule has 1 atom stereocenters. The lowest BCUT2D eigenvalue weighted by molar-refractivity contribution is 0.414. The highest BCUT2D eigenvalue weighted by molar-refractivity contribution is 7.98. The molecule has 0 aromatic heterocycles. The maximum atomic E-state index is 3.54. The molecule has 1 aromatic carbocycles. The predicted octanol–water partition coefficient (Wildman–Crippen LogP) is 3.45. The van der Waals surface area contributed by atoms with Crippen LogP contribution in [0.15, 0.2) is 29.2 Å². The molecule has 0 heterocycles. The predicted molar refractivity (Wildman–Crippen MR) is 82.4 cm³/mol. The second-order valence-corrected chi connectivity index (χ2v) is 6.51. The number of hydrogen-bond acceptors (Lipinski definition) is 3. The molecule has 0 amide bonds. The van der Waals surface area contributed by atoms with Crippen LogP contribution in [0.1, 0.15) is 39.3 Å². The van der Waals surface area contributed by atoms with Gasteiger partial charge in [0.15, 0.2) is 0 Å². The van der Waals surface area contributed by atoms with Gasteiger partial charge in [0.2, 0.25) is 0 Å². The Hall–Kier alpha value is -0.510. The van der Waals surface area contributed by atoms with Crippen LogP contribution in [0.5, 0.6) is 0 Å². The molecule has 0 saturated carbocycles. The fraction of sp³-hybridized carbons (Fsp3) is 0.600. The van der Waals surface area contributed by atoms with Crippen molar-refractivity contribution in [1.29, 1.82) is 0 Å². The highest BCUT2D eigenvalue weighted by Gasteiger charge is 2.08. The van der Waals surface area contributed by atoms with E-state index in [1.54, 1.807) is 11.8 Å². The fourth-order valence-electron chi connectivity index (χ4n) is 1.74. The lowest BCUT2D eigenvalue weighted by Gasteiger charge is -2.22. The van der Waals surface area contributed by atoms with Crippen LogP contribution in [0, 0.1) is 0 Å². The van der Waals surface area contributed by atoms with Gasteiger partial charge in [0.05, 0.1) is 0 Å². The zero-order chi connectivity index (χ0) is 13.6. The summed E-state index contributed by atoms with van der Waals surface area (Å²) in [5.41, 5.74) is 1.55. The first-order chi connectivity index (χ1) is 8.42. The summed E-state index contributed by atoms with van der Waals surface area (Å²) in [5.74, 6) is 0. The van der Waals surface area contributed by atoms with Gasteiger partial charge in [0.25, 0.3) is 0 Å². The number of thioether (sulfide) groups is 1. The van der Waals surface area contributed by atoms with Gasteiger partial charge in [-0.15, -0.1) is 11.8 Å². The van der Waals surface area contributed by atoms with Gasteiger partial charge in [-0.05, 0) is 51.6 Å². The maximum Gasteiger partial charge on any atom is 0.0292 e. The van der Waals surface area contributed by atoms with Gasteiger partial charge in [-0.3, -0.25) is 0 Å². The molecule has 102 valence electrons. The zero-order valence-corrected chi connectivity index (χ0v) is 13.0. The molecule has 0 spiro atoms. The van der Waals surface area contributed by atoms with Crippen molar-refractivity contribution in [3.63, 3.8) is 0 Å². The molecule has 2 N–H and O–H groups in total. The molecule has 18 heavy (non-hydrogen) atoms. The van der Waals surface area contributed by atoms with Gasteiger partial charge in [-0.25, -0.2) is 0 Å². The molecule has 0 fully saturated rings. The van der Waals surface area contributed by atoms with Gasteiger partial charge in [-0.2, -0.15) is 0 Å². The Morgan fingerprint density at radius 3 is 2.22 bits per heavy atom. The number of nitrogens with one attached hydrogen (secondary N) is 2. The molecule has 0 saturated heterocycles. The lowest BCUT2D eigenvalue weighted by atomic mass is 10.1. The summed E-state index contributed by atoms with van der Waals surface area (Å²) >= 11 is 1.78. The fourth-order valence-corrected chi connectivity index (χ4v) is 2.14. The summed E-state index contributed by atoms with van der Waals surface area (Å²) in [6, 6.07) is 9.20. The Morgan fingerprint density at radius 2 is 1.72 bits per heavy atom. The molecule has 0 aliphatic heterocycles. The first kappa shape index (κ1) is 15.5. The van der Waals surface area contributed by atoms with Gasteiger partial charge >= 0.3 is 0 Å². The number of benzene rings is 1. The minimum Gasteiger partial charge on any atom is -0.311 e. The molecule has 1 unspecified atom stereocenters. The zero-order valence-electron chi connectivity index (χ0n) is 12.2. The highest BCUT2D eigenvalue weighted by Crippen LogP contribution is 2.18. The van der Waals surface area contributed by atoms with E-state index in [4.69, 9.17) is 0 Å². The average Bonchev–Trinajstić information content (AvgIpc) is 2.33. The Labute approximate surface area is 116 Å². The topological polar surface area (TPSA) is 24.1 Å². The quantitative estimate of drug-likeness (QED) is 0.609. The molecule has 0 bridgehead atoms. The molecule has 2 nitrogen and oxygen atoms in total. The van der Waals surface area contributed by atoms with E-state index in [1.807, 2.05) is 0 Å². The van der Waals surface area contributed by atoms with Crippen molar-refractivity contribution in [2.24, 2.45) is 0 Å². The molecule has 1 rings (SSSR count). The van der Waals surface area contributed by atoms with Gasteiger partial charge < -0.3 is 10.6 Å². The van der Waals surface area contributed by atoms with Crippen molar-refractivity contribution in [2.45, 2.75) is 44.2 Å². The first-order valence-electron chi connectivity index (χ1n) is 6.55. The Bertz CT molecular complexity index is 341. The highest BCUT2D eigenvalue weighted by atomic mass is 32.2. The third kappa shape index (κ3) is 5.89. The summed E-state index contributed by atoms with van der Waals surface area (Å²) in [4.78, 5) is 1.32. The monoisotopic (exact) mass is 266 g/mol. The SMILES string of the molecule is CSc1ccc(C(C)NCCNC(C)(C)C)cc1. The van der Waals surface area contributed by atoms with E-state index in [0.717, 1.165) is 13.1 Å². The van der Waals surface area contributed by atoms with Crippen LogP contribution in [0.3, 0.4) is 0 Å². The minimum atomic E-state index is 0.199. The van der Waals surface area contributed by atoms with E-state index in [1.165, 1.54) is 10.5 Å². The standard InChI is InChI=1S/C15H26N2S/c1-12(16-10-11-17-15(2,3)4)13-6-8-14(18-5)9-7-13/h6-9,12,16-17H,10-11H2,1-5H3. The minimum absolute atomic E-state index is 0.199. The average molecular weight is 266 g/mol. The second-order valence-electron chi connectivity index (χ2n) is 5.63. The van der Waals surface area contributed by atoms with Crippen molar-refractivity contribution < 1.29 is 0 Å². The van der Waals surface area contributed by atoms with Crippen LogP contribution in [0.2, 0.25) is 0 Å². The van der Waals surface area contributed by atoms with Crippen molar-refractivity contribution >= 4 is 11.8 Å². The Morgan fingerprint density at radius 1 is 1.11 bits per heavy atom. The van der Waals surface area contributed by atoms with Gasteiger partial charge in [0.1, 0.15) is 0 Å². The van der Waals surface area contributed by atoms with Gasteiger partial charge in [0, 0.05) is 29.6 Å². The molecular weight excluding hydrogens is 240 g/mol. The van der Waals surface area contributed by atoms with Crippen molar-refractivity contribution in [3.8, 4) is 0 Å². The number of hydrogen-bond donors (Lipinski definition) is 2. The smallest absolute Gasteiger partial charge is 0.0292 e. The third-order valence-corrected chi connectivity index (χ3v) is 3.59. The van der Waals surface area contributed by atoms with Crippen molar-refractivity contribution in [2.75, 3.05) is 19.3 Å². The Balaban J connectivity index is 2.33. The molecule has 1 aromatic rings. The summed E-state index contributed by atoms with van der Waals surface area (Å²) in [7, 11) is 0. The van der Waals surface area contributed by atoms with Crippen LogP contribution in [0.4, 0.5) is 0 Å². The Kier molecular flexibility index (Phi) is 6.19. The summed E-state index contributed by atoms with van der Waals surface area (Å²) < 4.78 is 0. The van der Waals surface area contributed by atoms with Crippen LogP contribution in [0.25, 0.3) is 0 Å². The van der Waals surface area contributed by atoms with Crippen LogP contribution in [-0.4, -0.2) is 24.9 Å². The van der Waals surface area contributed by atoms with E-state index in [2.05, 4.69) is 68.8 Å². The van der Waals surface area contributed by atoms with E-state index in [9.17, 15) is 0 Å². The summed E-state index contributed by atoms with van der Waals surface area (Å²) in [6.07, 6.45) is 2.11. The van der Waals surface area contributed by atoms with E-state index in [0.29, 0.717) is 6.04 Å². The maximum absolute atomic E-state index is 3.54. The van der Waals surface area contributed by atoms with Gasteiger partial charge in [-0.1, -0.05) is 12.1 Å². The second kappa shape index (κ2) is 7.17. The first-order valence-corrected chi connectivity index (χ1v) is 7.77. The summed E-state index contributed by atoms with van der Waals surface area (Å²) in [6.45, 7) is 10.8. The van der Waals surface area contributed by atoms with E-state index >= 15 is 0 Å². The van der Waals surface area contributed by atoms with Crippen LogP contribution >= 0.6 is 11.8 Å². The molecule has 0 aliphatic carbocycles. The van der Waals surface area contributed by atoms with E-state index < -0.39 is 0 Å².